The van der Waals surface area contributed by atoms with E-state index in [1.807, 2.05) is 0 Å². The summed E-state index contributed by atoms with van der Waals surface area (Å²) in [7, 11) is 1.07. The smallest absolute Gasteiger partial charge is 0.416 e. The zero-order chi connectivity index (χ0) is 13.2. The van der Waals surface area contributed by atoms with Gasteiger partial charge < -0.3 is 4.74 Å². The van der Waals surface area contributed by atoms with Crippen LogP contribution >= 0.6 is 0 Å². The second-order valence-electron chi connectivity index (χ2n) is 3.08. The lowest BCUT2D eigenvalue weighted by molar-refractivity contribution is -0.137. The first kappa shape index (κ1) is 13.4. The van der Waals surface area contributed by atoms with Crippen LogP contribution in [0.15, 0.2) is 18.2 Å². The number of hydrogen-bond donors (Lipinski definition) is 0. The molecule has 0 saturated carbocycles. The summed E-state index contributed by atoms with van der Waals surface area (Å²) in [5.41, 5.74) is -1.96. The molecule has 0 saturated heterocycles. The molecule has 0 aromatic heterocycles. The molecule has 7 heteroatoms. The lowest BCUT2D eigenvalue weighted by atomic mass is 10.1. The van der Waals surface area contributed by atoms with E-state index >= 15 is 0 Å². The molecule has 1 aromatic carbocycles. The number of benzene rings is 1. The maximum absolute atomic E-state index is 12.3. The van der Waals surface area contributed by atoms with Gasteiger partial charge in [0.25, 0.3) is 0 Å². The molecule has 0 radical (unpaired) electrons. The van der Waals surface area contributed by atoms with Crippen molar-refractivity contribution in [2.45, 2.75) is 12.6 Å². The number of hydrogen-bond acceptors (Lipinski definition) is 2. The van der Waals surface area contributed by atoms with Crippen LogP contribution in [0, 0.1) is 0 Å². The van der Waals surface area contributed by atoms with Crippen LogP contribution in [0.2, 0.25) is 0 Å². The van der Waals surface area contributed by atoms with Crippen molar-refractivity contribution < 1.29 is 31.5 Å². The summed E-state index contributed by atoms with van der Waals surface area (Å²) < 4.78 is 65.9. The Balaban J connectivity index is 3.30. The Labute approximate surface area is 93.0 Å². The first-order valence-electron chi connectivity index (χ1n) is 4.35. The Kier molecular flexibility index (Phi) is 3.69. The minimum absolute atomic E-state index is 0.316. The summed E-state index contributed by atoms with van der Waals surface area (Å²) >= 11 is 0. The van der Waals surface area contributed by atoms with Gasteiger partial charge in [0.1, 0.15) is 5.75 Å². The highest BCUT2D eigenvalue weighted by molar-refractivity contribution is 6.01. The minimum Gasteiger partial charge on any atom is -0.496 e. The molecule has 17 heavy (non-hydrogen) atoms. The Bertz CT molecular complexity index is 425. The van der Waals surface area contributed by atoms with Gasteiger partial charge >= 0.3 is 12.6 Å². The van der Waals surface area contributed by atoms with Gasteiger partial charge in [-0.15, -0.1) is 0 Å². The topological polar surface area (TPSA) is 26.3 Å². The summed E-state index contributed by atoms with van der Waals surface area (Å²) in [5.74, 6) is -2.02. The maximum atomic E-state index is 12.3. The molecule has 0 bridgehead atoms. The van der Waals surface area contributed by atoms with Crippen LogP contribution in [-0.2, 0) is 6.18 Å². The molecule has 0 aliphatic rings. The van der Waals surface area contributed by atoms with Crippen LogP contribution in [0.4, 0.5) is 22.0 Å². The van der Waals surface area contributed by atoms with Crippen LogP contribution in [-0.4, -0.2) is 19.3 Å². The van der Waals surface area contributed by atoms with Crippen molar-refractivity contribution in [3.8, 4) is 5.75 Å². The molecular weight excluding hydrogens is 247 g/mol. The molecule has 0 amide bonds. The number of ketones is 1. The zero-order valence-electron chi connectivity index (χ0n) is 8.52. The lowest BCUT2D eigenvalue weighted by Crippen LogP contribution is -2.14. The van der Waals surface area contributed by atoms with E-state index in [0.29, 0.717) is 12.1 Å². The van der Waals surface area contributed by atoms with E-state index in [4.69, 9.17) is 0 Å². The van der Waals surface area contributed by atoms with Crippen molar-refractivity contribution in [3.05, 3.63) is 29.3 Å². The monoisotopic (exact) mass is 254 g/mol. The van der Waals surface area contributed by atoms with Crippen molar-refractivity contribution in [2.75, 3.05) is 7.11 Å². The summed E-state index contributed by atoms with van der Waals surface area (Å²) in [5, 5.41) is 0. The van der Waals surface area contributed by atoms with Gasteiger partial charge in [0.05, 0.1) is 18.2 Å². The number of rotatable bonds is 3. The number of ether oxygens (including phenoxy) is 1. The van der Waals surface area contributed by atoms with E-state index < -0.39 is 29.5 Å². The van der Waals surface area contributed by atoms with Crippen LogP contribution < -0.4 is 4.74 Å². The molecular formula is C10H7F5O2. The van der Waals surface area contributed by atoms with Crippen LogP contribution in [0.3, 0.4) is 0 Å². The fraction of sp³-hybridized carbons (Fsp3) is 0.300. The molecule has 1 aromatic rings. The number of methoxy groups -OCH3 is 1. The fourth-order valence-electron chi connectivity index (χ4n) is 1.19. The molecule has 0 spiro atoms. The first-order chi connectivity index (χ1) is 7.77. The largest absolute Gasteiger partial charge is 0.496 e. The number of Topliss-reactive ketones (excluding diaryl/α,β-unsaturated/α-hetero) is 1. The van der Waals surface area contributed by atoms with Gasteiger partial charge in [0, 0.05) is 0 Å². The van der Waals surface area contributed by atoms with Crippen molar-refractivity contribution in [3.63, 3.8) is 0 Å². The Morgan fingerprint density at radius 3 is 2.29 bits per heavy atom. The van der Waals surface area contributed by atoms with Crippen LogP contribution in [0.1, 0.15) is 15.9 Å². The summed E-state index contributed by atoms with van der Waals surface area (Å²) in [6.45, 7) is 0. The second-order valence-corrected chi connectivity index (χ2v) is 3.08. The predicted molar refractivity (Wildman–Crippen MR) is 48.3 cm³/mol. The predicted octanol–water partition coefficient (Wildman–Crippen LogP) is 3.16. The second kappa shape index (κ2) is 4.68. The zero-order valence-corrected chi connectivity index (χ0v) is 8.52. The average Bonchev–Trinajstić information content (AvgIpc) is 2.25. The highest BCUT2D eigenvalue weighted by Crippen LogP contribution is 2.33. The highest BCUT2D eigenvalue weighted by atomic mass is 19.4. The molecule has 0 heterocycles. The molecule has 2 nitrogen and oxygen atoms in total. The van der Waals surface area contributed by atoms with Crippen molar-refractivity contribution >= 4 is 5.78 Å². The third-order valence-corrected chi connectivity index (χ3v) is 1.99. The average molecular weight is 254 g/mol. The van der Waals surface area contributed by atoms with E-state index in [1.54, 1.807) is 0 Å². The normalized spacial score (nSPS) is 11.7. The molecule has 0 aliphatic heterocycles. The standard InChI is InChI=1S/C10H7F5O2/c1-17-7-3-2-5(10(13,14)15)4-6(7)8(16)9(11)12/h2-4,9H,1H3. The Hall–Kier alpha value is -1.66. The Morgan fingerprint density at radius 1 is 1.29 bits per heavy atom. The van der Waals surface area contributed by atoms with Crippen molar-refractivity contribution in [1.82, 2.24) is 0 Å². The molecule has 0 unspecified atom stereocenters. The van der Waals surface area contributed by atoms with Crippen LogP contribution in [0.5, 0.6) is 5.75 Å². The number of carbonyl (C=O) groups excluding carboxylic acids is 1. The van der Waals surface area contributed by atoms with Gasteiger partial charge in [0.2, 0.25) is 5.78 Å². The Morgan fingerprint density at radius 2 is 1.88 bits per heavy atom. The maximum Gasteiger partial charge on any atom is 0.416 e. The molecule has 1 rings (SSSR count). The van der Waals surface area contributed by atoms with Crippen molar-refractivity contribution in [1.29, 1.82) is 0 Å². The quantitative estimate of drug-likeness (QED) is 0.611. The third-order valence-electron chi connectivity index (χ3n) is 1.99. The molecule has 0 N–H and O–H groups in total. The minimum atomic E-state index is -4.70. The first-order valence-corrected chi connectivity index (χ1v) is 4.35. The van der Waals surface area contributed by atoms with Gasteiger partial charge in [-0.1, -0.05) is 0 Å². The van der Waals surface area contributed by atoms with E-state index in [9.17, 15) is 26.7 Å². The number of carbonyl (C=O) groups is 1. The van der Waals surface area contributed by atoms with Crippen LogP contribution in [0.25, 0.3) is 0 Å². The summed E-state index contributed by atoms with van der Waals surface area (Å²) in [6.07, 6.45) is -8.09. The lowest BCUT2D eigenvalue weighted by Gasteiger charge is -2.11. The van der Waals surface area contributed by atoms with Gasteiger partial charge in [0.15, 0.2) is 0 Å². The molecule has 0 fully saturated rings. The number of halogens is 5. The molecule has 94 valence electrons. The van der Waals surface area contributed by atoms with Crippen molar-refractivity contribution in [2.24, 2.45) is 0 Å². The third kappa shape index (κ3) is 2.92. The fourth-order valence-corrected chi connectivity index (χ4v) is 1.19. The van der Waals surface area contributed by atoms with Gasteiger partial charge in [-0.2, -0.15) is 13.2 Å². The van der Waals surface area contributed by atoms with Gasteiger partial charge in [-0.05, 0) is 18.2 Å². The van der Waals surface area contributed by atoms with E-state index in [-0.39, 0.29) is 5.75 Å². The van der Waals surface area contributed by atoms with E-state index in [1.165, 1.54) is 0 Å². The molecule has 0 aliphatic carbocycles. The summed E-state index contributed by atoms with van der Waals surface area (Å²) in [4.78, 5) is 11.0. The molecule has 0 atom stereocenters. The number of alkyl halides is 5. The van der Waals surface area contributed by atoms with E-state index in [2.05, 4.69) is 4.74 Å². The van der Waals surface area contributed by atoms with Gasteiger partial charge in [-0.3, -0.25) is 4.79 Å². The SMILES string of the molecule is COc1ccc(C(F)(F)F)cc1C(=O)C(F)F. The van der Waals surface area contributed by atoms with Gasteiger partial charge in [-0.25, -0.2) is 8.78 Å². The highest BCUT2D eigenvalue weighted by Gasteiger charge is 2.33. The summed E-state index contributed by atoms with van der Waals surface area (Å²) in [6, 6.07) is 1.84. The van der Waals surface area contributed by atoms with E-state index in [0.717, 1.165) is 13.2 Å².